The second-order valence-electron chi connectivity index (χ2n) is 4.54. The zero-order chi connectivity index (χ0) is 15.4. The van der Waals surface area contributed by atoms with E-state index >= 15 is 0 Å². The van der Waals surface area contributed by atoms with Crippen LogP contribution in [0, 0.1) is 11.3 Å². The summed E-state index contributed by atoms with van der Waals surface area (Å²) in [5.74, 6) is 0.153. The number of imidazole rings is 1. The number of hydrogen-bond acceptors (Lipinski definition) is 4. The SMILES string of the molecule is CC(Cl)c1nc2c(C#N)cccc2n1CCOCC(N)=O. The number of halogens is 1. The molecule has 2 aromatic rings. The molecule has 0 aliphatic rings. The molecule has 110 valence electrons. The number of nitrogens with zero attached hydrogens (tertiary/aromatic N) is 3. The highest BCUT2D eigenvalue weighted by atomic mass is 35.5. The molecular weight excluding hydrogens is 292 g/mol. The van der Waals surface area contributed by atoms with Gasteiger partial charge in [0.25, 0.3) is 0 Å². The van der Waals surface area contributed by atoms with Crippen LogP contribution in [0.25, 0.3) is 11.0 Å². The van der Waals surface area contributed by atoms with Crippen molar-refractivity contribution in [1.82, 2.24) is 9.55 Å². The van der Waals surface area contributed by atoms with Crippen molar-refractivity contribution in [2.75, 3.05) is 13.2 Å². The molecule has 2 rings (SSSR count). The number of primary amides is 1. The van der Waals surface area contributed by atoms with E-state index in [0.29, 0.717) is 30.1 Å². The summed E-state index contributed by atoms with van der Waals surface area (Å²) in [6.07, 6.45) is 0. The topological polar surface area (TPSA) is 93.9 Å². The maximum atomic E-state index is 10.7. The first-order valence-corrected chi connectivity index (χ1v) is 6.87. The van der Waals surface area contributed by atoms with Gasteiger partial charge in [0.1, 0.15) is 24.0 Å². The third kappa shape index (κ3) is 3.32. The number of hydrogen-bond donors (Lipinski definition) is 1. The van der Waals surface area contributed by atoms with Crippen molar-refractivity contribution in [3.05, 3.63) is 29.6 Å². The third-order valence-corrected chi connectivity index (χ3v) is 3.18. The van der Waals surface area contributed by atoms with Crippen LogP contribution in [-0.4, -0.2) is 28.7 Å². The van der Waals surface area contributed by atoms with E-state index in [1.165, 1.54) is 0 Å². The first-order valence-electron chi connectivity index (χ1n) is 6.44. The molecular formula is C14H15ClN4O2. The van der Waals surface area contributed by atoms with Gasteiger partial charge in [0.2, 0.25) is 5.91 Å². The highest BCUT2D eigenvalue weighted by Gasteiger charge is 2.16. The number of nitrogens with two attached hydrogens (primary N) is 1. The summed E-state index contributed by atoms with van der Waals surface area (Å²) in [5.41, 5.74) is 6.96. The number of nitriles is 1. The third-order valence-electron chi connectivity index (χ3n) is 2.99. The molecule has 1 heterocycles. The molecule has 0 bridgehead atoms. The molecule has 2 N–H and O–H groups in total. The highest BCUT2D eigenvalue weighted by molar-refractivity contribution is 6.20. The van der Waals surface area contributed by atoms with E-state index in [0.717, 1.165) is 5.52 Å². The molecule has 21 heavy (non-hydrogen) atoms. The molecule has 0 saturated heterocycles. The van der Waals surface area contributed by atoms with Crippen molar-refractivity contribution in [3.8, 4) is 6.07 Å². The van der Waals surface area contributed by atoms with Crippen LogP contribution in [0.15, 0.2) is 18.2 Å². The fourth-order valence-corrected chi connectivity index (χ4v) is 2.29. The van der Waals surface area contributed by atoms with Crippen LogP contribution in [0.2, 0.25) is 0 Å². The van der Waals surface area contributed by atoms with Gasteiger partial charge in [-0.05, 0) is 19.1 Å². The predicted octanol–water partition coefficient (Wildman–Crippen LogP) is 1.71. The van der Waals surface area contributed by atoms with E-state index in [9.17, 15) is 4.79 Å². The molecule has 0 fully saturated rings. The van der Waals surface area contributed by atoms with Crippen LogP contribution in [0.1, 0.15) is 23.7 Å². The van der Waals surface area contributed by atoms with E-state index < -0.39 is 5.91 Å². The molecule has 0 spiro atoms. The standard InChI is InChI=1S/C14H15ClN4O2/c1-9(15)14-18-13-10(7-16)3-2-4-11(13)19(14)5-6-21-8-12(17)20/h2-4,9H,5-6,8H2,1H3,(H2,17,20). The molecule has 1 atom stereocenters. The van der Waals surface area contributed by atoms with Gasteiger partial charge >= 0.3 is 0 Å². The molecule has 0 saturated carbocycles. The van der Waals surface area contributed by atoms with Gasteiger partial charge in [-0.1, -0.05) is 6.07 Å². The second kappa shape index (κ2) is 6.57. The Kier molecular flexibility index (Phi) is 4.78. The van der Waals surface area contributed by atoms with Gasteiger partial charge in [-0.25, -0.2) is 4.98 Å². The summed E-state index contributed by atoms with van der Waals surface area (Å²) in [7, 11) is 0. The number of fused-ring (bicyclic) bond motifs is 1. The van der Waals surface area contributed by atoms with Crippen LogP contribution in [0.3, 0.4) is 0 Å². The van der Waals surface area contributed by atoms with Crippen LogP contribution in [-0.2, 0) is 16.1 Å². The minimum absolute atomic E-state index is 0.123. The normalized spacial score (nSPS) is 12.2. The number of benzene rings is 1. The van der Waals surface area contributed by atoms with Gasteiger partial charge < -0.3 is 15.0 Å². The number of ether oxygens (including phenoxy) is 1. The van der Waals surface area contributed by atoms with Crippen molar-refractivity contribution in [3.63, 3.8) is 0 Å². The van der Waals surface area contributed by atoms with Crippen LogP contribution in [0.5, 0.6) is 0 Å². The van der Waals surface area contributed by atoms with E-state index in [4.69, 9.17) is 27.3 Å². The molecule has 0 aliphatic heterocycles. The Labute approximate surface area is 127 Å². The summed E-state index contributed by atoms with van der Waals surface area (Å²) >= 11 is 6.16. The van der Waals surface area contributed by atoms with Gasteiger partial charge in [-0.15, -0.1) is 11.6 Å². The lowest BCUT2D eigenvalue weighted by atomic mass is 10.2. The highest BCUT2D eigenvalue weighted by Crippen LogP contribution is 2.26. The van der Waals surface area contributed by atoms with Crippen LogP contribution < -0.4 is 5.73 Å². The lowest BCUT2D eigenvalue weighted by molar-refractivity contribution is -0.122. The number of alkyl halides is 1. The predicted molar refractivity (Wildman–Crippen MR) is 78.7 cm³/mol. The number of para-hydroxylation sites is 1. The molecule has 0 radical (unpaired) electrons. The summed E-state index contributed by atoms with van der Waals surface area (Å²) in [5, 5.41) is 8.84. The average molecular weight is 307 g/mol. The molecule has 1 amide bonds. The molecule has 6 nitrogen and oxygen atoms in total. The fraction of sp³-hybridized carbons (Fsp3) is 0.357. The molecule has 7 heteroatoms. The Morgan fingerprint density at radius 1 is 1.62 bits per heavy atom. The fourth-order valence-electron chi connectivity index (χ4n) is 2.12. The maximum Gasteiger partial charge on any atom is 0.243 e. The monoisotopic (exact) mass is 306 g/mol. The van der Waals surface area contributed by atoms with E-state index in [-0.39, 0.29) is 12.0 Å². The van der Waals surface area contributed by atoms with Crippen molar-refractivity contribution < 1.29 is 9.53 Å². The first-order chi connectivity index (χ1) is 10.0. The Hall–Kier alpha value is -2.10. The maximum absolute atomic E-state index is 10.7. The van der Waals surface area contributed by atoms with Crippen molar-refractivity contribution in [2.45, 2.75) is 18.8 Å². The summed E-state index contributed by atoms with van der Waals surface area (Å²) in [6, 6.07) is 7.51. The van der Waals surface area contributed by atoms with Crippen molar-refractivity contribution in [1.29, 1.82) is 5.26 Å². The summed E-state index contributed by atoms with van der Waals surface area (Å²) in [6.45, 7) is 2.48. The lowest BCUT2D eigenvalue weighted by Crippen LogP contribution is -2.20. The Bertz CT molecular complexity index is 703. The number of aromatic nitrogens is 2. The van der Waals surface area contributed by atoms with E-state index in [1.807, 2.05) is 17.6 Å². The Balaban J connectivity index is 2.34. The van der Waals surface area contributed by atoms with Gasteiger partial charge in [0.15, 0.2) is 0 Å². The summed E-state index contributed by atoms with van der Waals surface area (Å²) < 4.78 is 7.08. The van der Waals surface area contributed by atoms with Gasteiger partial charge in [-0.3, -0.25) is 4.79 Å². The number of carbonyl (C=O) groups excluding carboxylic acids is 1. The van der Waals surface area contributed by atoms with Crippen LogP contribution >= 0.6 is 11.6 Å². The zero-order valence-corrected chi connectivity index (χ0v) is 12.3. The minimum Gasteiger partial charge on any atom is -0.370 e. The second-order valence-corrected chi connectivity index (χ2v) is 5.20. The molecule has 1 aromatic carbocycles. The lowest BCUT2D eigenvalue weighted by Gasteiger charge is -2.10. The average Bonchev–Trinajstić information content (AvgIpc) is 2.82. The Morgan fingerprint density at radius 3 is 3.00 bits per heavy atom. The number of carbonyl (C=O) groups is 1. The van der Waals surface area contributed by atoms with E-state index in [1.54, 1.807) is 12.1 Å². The number of amides is 1. The quantitative estimate of drug-likeness (QED) is 0.649. The minimum atomic E-state index is -0.511. The first kappa shape index (κ1) is 15.3. The zero-order valence-electron chi connectivity index (χ0n) is 11.5. The van der Waals surface area contributed by atoms with Crippen molar-refractivity contribution >= 4 is 28.5 Å². The smallest absolute Gasteiger partial charge is 0.243 e. The van der Waals surface area contributed by atoms with Crippen molar-refractivity contribution in [2.24, 2.45) is 5.73 Å². The van der Waals surface area contributed by atoms with Crippen LogP contribution in [0.4, 0.5) is 0 Å². The van der Waals surface area contributed by atoms with Gasteiger partial charge in [0.05, 0.1) is 23.1 Å². The largest absolute Gasteiger partial charge is 0.370 e. The number of rotatable bonds is 6. The van der Waals surface area contributed by atoms with Gasteiger partial charge in [-0.2, -0.15) is 5.26 Å². The molecule has 0 aliphatic carbocycles. The summed E-state index contributed by atoms with van der Waals surface area (Å²) in [4.78, 5) is 15.1. The molecule has 1 aromatic heterocycles. The van der Waals surface area contributed by atoms with E-state index in [2.05, 4.69) is 11.1 Å². The molecule has 1 unspecified atom stereocenters. The van der Waals surface area contributed by atoms with Gasteiger partial charge in [0, 0.05) is 6.54 Å². The Morgan fingerprint density at radius 2 is 2.38 bits per heavy atom.